The molecule has 88 valence electrons. The van der Waals surface area contributed by atoms with Crippen LogP contribution in [0.2, 0.25) is 0 Å². The second-order valence-corrected chi connectivity index (χ2v) is 3.36. The summed E-state index contributed by atoms with van der Waals surface area (Å²) in [7, 11) is 4.44. The van der Waals surface area contributed by atoms with E-state index in [0.29, 0.717) is 0 Å². The largest absolute Gasteiger partial charge is 0.373 e. The van der Waals surface area contributed by atoms with Crippen molar-refractivity contribution in [1.82, 2.24) is 9.13 Å². The van der Waals surface area contributed by atoms with E-state index in [4.69, 9.17) is 0 Å². The number of aromatic nitrogens is 2. The number of anilines is 2. The van der Waals surface area contributed by atoms with Gasteiger partial charge < -0.3 is 10.6 Å². The second-order valence-electron chi connectivity index (χ2n) is 3.36. The van der Waals surface area contributed by atoms with Gasteiger partial charge in [0.1, 0.15) is 11.5 Å². The molecule has 0 radical (unpaired) electrons. The fourth-order valence-corrected chi connectivity index (χ4v) is 1.43. The first-order valence-electron chi connectivity index (χ1n) is 4.65. The van der Waals surface area contributed by atoms with Crippen molar-refractivity contribution in [1.29, 1.82) is 0 Å². The third kappa shape index (κ3) is 1.83. The molecular formula is C9H14N4O3. The maximum Gasteiger partial charge on any atom is 0.332 e. The summed E-state index contributed by atoms with van der Waals surface area (Å²) < 4.78 is 2.19. The molecule has 7 heteroatoms. The molecule has 16 heavy (non-hydrogen) atoms. The SMILES string of the molecule is CNc1c(NC(C)=O)c(=O)n(C)c(=O)n1C. The van der Waals surface area contributed by atoms with Crippen LogP contribution in [0.1, 0.15) is 6.92 Å². The zero-order valence-corrected chi connectivity index (χ0v) is 9.62. The van der Waals surface area contributed by atoms with E-state index in [1.54, 1.807) is 7.05 Å². The molecule has 0 saturated heterocycles. The van der Waals surface area contributed by atoms with Crippen molar-refractivity contribution < 1.29 is 4.79 Å². The van der Waals surface area contributed by atoms with Crippen molar-refractivity contribution in [3.8, 4) is 0 Å². The number of rotatable bonds is 2. The third-order valence-electron chi connectivity index (χ3n) is 2.20. The van der Waals surface area contributed by atoms with Gasteiger partial charge in [-0.3, -0.25) is 18.7 Å². The van der Waals surface area contributed by atoms with E-state index in [2.05, 4.69) is 10.6 Å². The summed E-state index contributed by atoms with van der Waals surface area (Å²) in [5, 5.41) is 5.12. The van der Waals surface area contributed by atoms with Gasteiger partial charge in [-0.2, -0.15) is 0 Å². The lowest BCUT2D eigenvalue weighted by atomic mass is 10.4. The molecule has 1 heterocycles. The Balaban J connectivity index is 3.64. The van der Waals surface area contributed by atoms with Crippen LogP contribution in [0.25, 0.3) is 0 Å². The Hall–Kier alpha value is -2.05. The lowest BCUT2D eigenvalue weighted by Gasteiger charge is -2.14. The van der Waals surface area contributed by atoms with Gasteiger partial charge in [0.2, 0.25) is 5.91 Å². The van der Waals surface area contributed by atoms with Gasteiger partial charge in [0.15, 0.2) is 0 Å². The second kappa shape index (κ2) is 4.21. The summed E-state index contributed by atoms with van der Waals surface area (Å²) >= 11 is 0. The van der Waals surface area contributed by atoms with Crippen molar-refractivity contribution in [3.63, 3.8) is 0 Å². The highest BCUT2D eigenvalue weighted by atomic mass is 16.2. The number of nitrogens with zero attached hydrogens (tertiary/aromatic N) is 2. The first-order valence-corrected chi connectivity index (χ1v) is 4.65. The molecule has 0 aliphatic rings. The Morgan fingerprint density at radius 3 is 2.19 bits per heavy atom. The summed E-state index contributed by atoms with van der Waals surface area (Å²) in [6, 6.07) is 0. The Morgan fingerprint density at radius 1 is 1.19 bits per heavy atom. The maximum atomic E-state index is 11.8. The van der Waals surface area contributed by atoms with Gasteiger partial charge in [0, 0.05) is 28.1 Å². The molecule has 1 aromatic heterocycles. The molecule has 0 fully saturated rings. The summed E-state index contributed by atoms with van der Waals surface area (Å²) in [5.74, 6) is -0.0875. The normalized spacial score (nSPS) is 10.0. The number of hydrogen-bond acceptors (Lipinski definition) is 4. The molecule has 0 aromatic carbocycles. The van der Waals surface area contributed by atoms with E-state index in [9.17, 15) is 14.4 Å². The van der Waals surface area contributed by atoms with Gasteiger partial charge in [-0.1, -0.05) is 0 Å². The number of carbonyl (C=O) groups is 1. The van der Waals surface area contributed by atoms with Crippen LogP contribution in [-0.4, -0.2) is 22.1 Å². The summed E-state index contributed by atoms with van der Waals surface area (Å²) in [4.78, 5) is 34.3. The van der Waals surface area contributed by atoms with Gasteiger partial charge >= 0.3 is 5.69 Å². The smallest absolute Gasteiger partial charge is 0.332 e. The zero-order valence-electron chi connectivity index (χ0n) is 9.62. The quantitative estimate of drug-likeness (QED) is 0.683. The minimum atomic E-state index is -0.539. The molecule has 1 rings (SSSR count). The topological polar surface area (TPSA) is 85.1 Å². The van der Waals surface area contributed by atoms with Gasteiger partial charge in [0.25, 0.3) is 5.56 Å². The van der Waals surface area contributed by atoms with E-state index >= 15 is 0 Å². The lowest BCUT2D eigenvalue weighted by molar-refractivity contribution is -0.114. The highest BCUT2D eigenvalue weighted by Gasteiger charge is 2.15. The van der Waals surface area contributed by atoms with E-state index in [1.165, 1.54) is 25.6 Å². The number of amides is 1. The van der Waals surface area contributed by atoms with Crippen LogP contribution in [0.5, 0.6) is 0 Å². The van der Waals surface area contributed by atoms with Crippen LogP contribution in [-0.2, 0) is 18.9 Å². The molecule has 0 aliphatic carbocycles. The van der Waals surface area contributed by atoms with Crippen molar-refractivity contribution >= 4 is 17.4 Å². The molecule has 0 aliphatic heterocycles. The molecular weight excluding hydrogens is 212 g/mol. The van der Waals surface area contributed by atoms with Crippen LogP contribution in [0.3, 0.4) is 0 Å². The van der Waals surface area contributed by atoms with Gasteiger partial charge in [0.05, 0.1) is 0 Å². The molecule has 0 spiro atoms. The van der Waals surface area contributed by atoms with Crippen molar-refractivity contribution in [2.24, 2.45) is 14.1 Å². The summed E-state index contributed by atoms with van der Waals surface area (Å²) in [5.41, 5.74) is -0.925. The van der Waals surface area contributed by atoms with E-state index in [1.807, 2.05) is 0 Å². The molecule has 1 aromatic rings. The minimum Gasteiger partial charge on any atom is -0.373 e. The van der Waals surface area contributed by atoms with Gasteiger partial charge in [-0.25, -0.2) is 4.79 Å². The predicted octanol–water partition coefficient (Wildman–Crippen LogP) is -0.916. The van der Waals surface area contributed by atoms with Crippen LogP contribution in [0.4, 0.5) is 11.5 Å². The van der Waals surface area contributed by atoms with Crippen LogP contribution < -0.4 is 21.9 Å². The van der Waals surface area contributed by atoms with Gasteiger partial charge in [-0.05, 0) is 0 Å². The molecule has 0 atom stereocenters. The van der Waals surface area contributed by atoms with Crippen LogP contribution >= 0.6 is 0 Å². The van der Waals surface area contributed by atoms with E-state index in [-0.39, 0.29) is 17.4 Å². The van der Waals surface area contributed by atoms with Crippen LogP contribution in [0, 0.1) is 0 Å². The number of nitrogens with one attached hydrogen (secondary N) is 2. The Kier molecular flexibility index (Phi) is 3.17. The standard InChI is InChI=1S/C9H14N4O3/c1-5(14)11-6-7(10-2)12(3)9(16)13(4)8(6)15/h10H,1-4H3,(H,11,14). The van der Waals surface area contributed by atoms with Crippen molar-refractivity contribution in [3.05, 3.63) is 20.8 Å². The first-order chi connectivity index (χ1) is 7.40. The number of carbonyl (C=O) groups excluding carboxylic acids is 1. The lowest BCUT2D eigenvalue weighted by Crippen LogP contribution is -2.39. The molecule has 1 amide bonds. The molecule has 2 N–H and O–H groups in total. The molecule has 7 nitrogen and oxygen atoms in total. The van der Waals surface area contributed by atoms with Crippen molar-refractivity contribution in [2.45, 2.75) is 6.92 Å². The molecule has 0 unspecified atom stereocenters. The Morgan fingerprint density at radius 2 is 1.75 bits per heavy atom. The van der Waals surface area contributed by atoms with E-state index in [0.717, 1.165) is 4.57 Å². The summed E-state index contributed by atoms with van der Waals surface area (Å²) in [6.07, 6.45) is 0. The fourth-order valence-electron chi connectivity index (χ4n) is 1.43. The predicted molar refractivity (Wildman–Crippen MR) is 60.8 cm³/mol. The Bertz CT molecular complexity index is 541. The number of hydrogen-bond donors (Lipinski definition) is 2. The van der Waals surface area contributed by atoms with Gasteiger partial charge in [-0.15, -0.1) is 0 Å². The van der Waals surface area contributed by atoms with Crippen molar-refractivity contribution in [2.75, 3.05) is 17.7 Å². The summed E-state index contributed by atoms with van der Waals surface area (Å²) in [6.45, 7) is 1.30. The highest BCUT2D eigenvalue weighted by Crippen LogP contribution is 2.12. The first kappa shape index (κ1) is 12.0. The minimum absolute atomic E-state index is 0.0691. The molecule has 0 bridgehead atoms. The highest BCUT2D eigenvalue weighted by molar-refractivity contribution is 5.91. The van der Waals surface area contributed by atoms with E-state index < -0.39 is 11.2 Å². The zero-order chi connectivity index (χ0) is 12.5. The average molecular weight is 226 g/mol. The maximum absolute atomic E-state index is 11.8. The average Bonchev–Trinajstić information content (AvgIpc) is 2.23. The fraction of sp³-hybridized carbons (Fsp3) is 0.444. The molecule has 0 saturated carbocycles. The Labute approximate surface area is 91.7 Å². The monoisotopic (exact) mass is 226 g/mol. The van der Waals surface area contributed by atoms with Crippen LogP contribution in [0.15, 0.2) is 9.59 Å². The third-order valence-corrected chi connectivity index (χ3v) is 2.20.